The first kappa shape index (κ1) is 17.5. The molecule has 23 heavy (non-hydrogen) atoms. The molecule has 4 nitrogen and oxygen atoms in total. The standard InChI is InChI=1S/C18H21ClN2O2/c1-14-16(19)8-5-9-17(14)20-18(23)13-21(10-11-22)12-15-6-3-2-4-7-15/h2-9,22H,10-13H2,1H3,(H,20,23). The molecule has 0 aliphatic carbocycles. The Labute approximate surface area is 141 Å². The van der Waals surface area contributed by atoms with Crippen LogP contribution in [-0.4, -0.2) is 35.6 Å². The van der Waals surface area contributed by atoms with Gasteiger partial charge in [0.2, 0.25) is 5.91 Å². The second-order valence-electron chi connectivity index (χ2n) is 5.38. The maximum absolute atomic E-state index is 12.3. The summed E-state index contributed by atoms with van der Waals surface area (Å²) in [7, 11) is 0. The van der Waals surface area contributed by atoms with Crippen LogP contribution >= 0.6 is 11.6 Å². The van der Waals surface area contributed by atoms with Crippen molar-refractivity contribution in [3.05, 3.63) is 64.7 Å². The molecule has 0 atom stereocenters. The number of carbonyl (C=O) groups is 1. The third kappa shape index (κ3) is 5.36. The normalized spacial score (nSPS) is 10.8. The van der Waals surface area contributed by atoms with E-state index in [0.29, 0.717) is 23.8 Å². The van der Waals surface area contributed by atoms with Crippen LogP contribution in [0.2, 0.25) is 5.02 Å². The van der Waals surface area contributed by atoms with E-state index in [1.165, 1.54) is 0 Å². The van der Waals surface area contributed by atoms with E-state index in [-0.39, 0.29) is 19.1 Å². The number of halogens is 1. The van der Waals surface area contributed by atoms with Gasteiger partial charge in [-0.25, -0.2) is 0 Å². The fourth-order valence-corrected chi connectivity index (χ4v) is 2.51. The van der Waals surface area contributed by atoms with Crippen LogP contribution in [0.3, 0.4) is 0 Å². The van der Waals surface area contributed by atoms with Crippen LogP contribution < -0.4 is 5.32 Å². The van der Waals surface area contributed by atoms with Crippen LogP contribution in [-0.2, 0) is 11.3 Å². The van der Waals surface area contributed by atoms with Crippen molar-refractivity contribution in [2.75, 3.05) is 25.0 Å². The van der Waals surface area contributed by atoms with Gasteiger partial charge in [-0.1, -0.05) is 48.0 Å². The first-order chi connectivity index (χ1) is 11.1. The van der Waals surface area contributed by atoms with Crippen LogP contribution in [0.4, 0.5) is 5.69 Å². The second kappa shape index (κ2) is 8.67. The fourth-order valence-electron chi connectivity index (χ4n) is 2.33. The zero-order chi connectivity index (χ0) is 16.7. The van der Waals surface area contributed by atoms with Gasteiger partial charge in [0.15, 0.2) is 0 Å². The number of hydrogen-bond acceptors (Lipinski definition) is 3. The molecule has 2 aromatic carbocycles. The number of hydrogen-bond donors (Lipinski definition) is 2. The first-order valence-electron chi connectivity index (χ1n) is 7.52. The number of anilines is 1. The zero-order valence-electron chi connectivity index (χ0n) is 13.1. The Kier molecular flexibility index (Phi) is 6.59. The van der Waals surface area contributed by atoms with Crippen molar-refractivity contribution in [1.29, 1.82) is 0 Å². The largest absolute Gasteiger partial charge is 0.395 e. The van der Waals surface area contributed by atoms with Crippen molar-refractivity contribution >= 4 is 23.2 Å². The third-order valence-electron chi connectivity index (χ3n) is 3.57. The summed E-state index contributed by atoms with van der Waals surface area (Å²) in [6.07, 6.45) is 0. The van der Waals surface area contributed by atoms with Crippen molar-refractivity contribution in [1.82, 2.24) is 4.90 Å². The van der Waals surface area contributed by atoms with Crippen molar-refractivity contribution in [2.45, 2.75) is 13.5 Å². The van der Waals surface area contributed by atoms with E-state index in [9.17, 15) is 9.90 Å². The van der Waals surface area contributed by atoms with Crippen LogP contribution in [0.5, 0.6) is 0 Å². The number of aliphatic hydroxyl groups excluding tert-OH is 1. The molecule has 0 heterocycles. The molecule has 0 aromatic heterocycles. The number of nitrogens with one attached hydrogen (secondary N) is 1. The average molecular weight is 333 g/mol. The lowest BCUT2D eigenvalue weighted by atomic mass is 10.2. The third-order valence-corrected chi connectivity index (χ3v) is 3.98. The Morgan fingerprint density at radius 1 is 1.17 bits per heavy atom. The molecule has 122 valence electrons. The van der Waals surface area contributed by atoms with E-state index < -0.39 is 0 Å². The molecular weight excluding hydrogens is 312 g/mol. The number of nitrogens with zero attached hydrogens (tertiary/aromatic N) is 1. The molecule has 0 aliphatic heterocycles. The van der Waals surface area contributed by atoms with Gasteiger partial charge in [0.1, 0.15) is 0 Å². The Bertz CT molecular complexity index is 647. The highest BCUT2D eigenvalue weighted by molar-refractivity contribution is 6.31. The lowest BCUT2D eigenvalue weighted by Gasteiger charge is -2.21. The highest BCUT2D eigenvalue weighted by Crippen LogP contribution is 2.22. The smallest absolute Gasteiger partial charge is 0.238 e. The van der Waals surface area contributed by atoms with Crippen molar-refractivity contribution in [2.24, 2.45) is 0 Å². The topological polar surface area (TPSA) is 52.6 Å². The van der Waals surface area contributed by atoms with Gasteiger partial charge in [-0.3, -0.25) is 9.69 Å². The minimum atomic E-state index is -0.125. The van der Waals surface area contributed by atoms with E-state index in [4.69, 9.17) is 11.6 Å². The number of benzene rings is 2. The number of carbonyl (C=O) groups excluding carboxylic acids is 1. The predicted molar refractivity (Wildman–Crippen MR) is 93.6 cm³/mol. The summed E-state index contributed by atoms with van der Waals surface area (Å²) in [5.74, 6) is -0.125. The second-order valence-corrected chi connectivity index (χ2v) is 5.79. The minimum Gasteiger partial charge on any atom is -0.395 e. The highest BCUT2D eigenvalue weighted by atomic mass is 35.5. The fraction of sp³-hybridized carbons (Fsp3) is 0.278. The molecule has 1 amide bonds. The maximum atomic E-state index is 12.3. The Hall–Kier alpha value is -1.88. The quantitative estimate of drug-likeness (QED) is 0.819. The van der Waals surface area contributed by atoms with E-state index >= 15 is 0 Å². The molecule has 5 heteroatoms. The molecule has 0 saturated carbocycles. The molecule has 0 aliphatic rings. The molecule has 0 radical (unpaired) electrons. The summed E-state index contributed by atoms with van der Waals surface area (Å²) < 4.78 is 0. The van der Waals surface area contributed by atoms with Crippen molar-refractivity contribution in [3.63, 3.8) is 0 Å². The van der Waals surface area contributed by atoms with E-state index in [2.05, 4.69) is 5.32 Å². The van der Waals surface area contributed by atoms with Gasteiger partial charge in [0.25, 0.3) is 0 Å². The van der Waals surface area contributed by atoms with Gasteiger partial charge >= 0.3 is 0 Å². The predicted octanol–water partition coefficient (Wildman–Crippen LogP) is 3.08. The molecule has 0 unspecified atom stereocenters. The van der Waals surface area contributed by atoms with Crippen LogP contribution in [0.1, 0.15) is 11.1 Å². The van der Waals surface area contributed by atoms with Crippen molar-refractivity contribution in [3.8, 4) is 0 Å². The number of aliphatic hydroxyl groups is 1. The van der Waals surface area contributed by atoms with E-state index in [1.54, 1.807) is 12.1 Å². The van der Waals surface area contributed by atoms with Gasteiger partial charge in [0, 0.05) is 23.8 Å². The van der Waals surface area contributed by atoms with Gasteiger partial charge in [-0.05, 0) is 30.2 Å². The molecular formula is C18H21ClN2O2. The molecule has 2 rings (SSSR count). The maximum Gasteiger partial charge on any atom is 0.238 e. The summed E-state index contributed by atoms with van der Waals surface area (Å²) in [6, 6.07) is 15.3. The van der Waals surface area contributed by atoms with Gasteiger partial charge in [-0.2, -0.15) is 0 Å². The minimum absolute atomic E-state index is 0.0102. The summed E-state index contributed by atoms with van der Waals surface area (Å²) >= 11 is 6.07. The van der Waals surface area contributed by atoms with Gasteiger partial charge < -0.3 is 10.4 Å². The van der Waals surface area contributed by atoms with E-state index in [1.807, 2.05) is 48.2 Å². The number of amides is 1. The molecule has 2 aromatic rings. The summed E-state index contributed by atoms with van der Waals surface area (Å²) in [4.78, 5) is 14.2. The lowest BCUT2D eigenvalue weighted by molar-refractivity contribution is -0.117. The van der Waals surface area contributed by atoms with Crippen molar-refractivity contribution < 1.29 is 9.90 Å². The first-order valence-corrected chi connectivity index (χ1v) is 7.90. The lowest BCUT2D eigenvalue weighted by Crippen LogP contribution is -2.35. The molecule has 0 fully saturated rings. The summed E-state index contributed by atoms with van der Waals surface area (Å²) in [5.41, 5.74) is 2.66. The summed E-state index contributed by atoms with van der Waals surface area (Å²) in [6.45, 7) is 3.14. The Balaban J connectivity index is 1.99. The molecule has 0 spiro atoms. The summed E-state index contributed by atoms with van der Waals surface area (Å²) in [5, 5.41) is 12.7. The molecule has 2 N–H and O–H groups in total. The average Bonchev–Trinajstić information content (AvgIpc) is 2.53. The molecule has 0 saturated heterocycles. The Morgan fingerprint density at radius 3 is 2.61 bits per heavy atom. The highest BCUT2D eigenvalue weighted by Gasteiger charge is 2.12. The van der Waals surface area contributed by atoms with Crippen LogP contribution in [0.25, 0.3) is 0 Å². The van der Waals surface area contributed by atoms with E-state index in [0.717, 1.165) is 11.1 Å². The number of rotatable bonds is 7. The molecule has 0 bridgehead atoms. The van der Waals surface area contributed by atoms with Gasteiger partial charge in [-0.15, -0.1) is 0 Å². The zero-order valence-corrected chi connectivity index (χ0v) is 13.9. The van der Waals surface area contributed by atoms with Crippen LogP contribution in [0, 0.1) is 6.92 Å². The van der Waals surface area contributed by atoms with Crippen LogP contribution in [0.15, 0.2) is 48.5 Å². The van der Waals surface area contributed by atoms with Gasteiger partial charge in [0.05, 0.1) is 13.2 Å². The monoisotopic (exact) mass is 332 g/mol. The Morgan fingerprint density at radius 2 is 1.91 bits per heavy atom. The SMILES string of the molecule is Cc1c(Cl)cccc1NC(=O)CN(CCO)Cc1ccccc1.